The monoisotopic (exact) mass is 692 g/mol. The van der Waals surface area contributed by atoms with Gasteiger partial charge in [-0.2, -0.15) is 15.1 Å². The molecule has 2 aromatic heterocycles. The molecule has 3 heterocycles. The van der Waals surface area contributed by atoms with Crippen molar-refractivity contribution < 1.29 is 46.5 Å². The van der Waals surface area contributed by atoms with E-state index in [4.69, 9.17) is 35.9 Å². The molecule has 3 unspecified atom stereocenters. The van der Waals surface area contributed by atoms with Crippen LogP contribution in [0.2, 0.25) is 5.02 Å². The summed E-state index contributed by atoms with van der Waals surface area (Å²) >= 11 is 5.95. The quantitative estimate of drug-likeness (QED) is 0.101. The lowest BCUT2D eigenvalue weighted by atomic mass is 9.99. The highest BCUT2D eigenvalue weighted by molar-refractivity contribution is 7.88. The maximum Gasteiger partial charge on any atom is 0.462 e. The molecule has 18 nitrogen and oxygen atoms in total. The maximum atomic E-state index is 14.1. The summed E-state index contributed by atoms with van der Waals surface area (Å²) in [6.45, 7) is 5.73. The highest BCUT2D eigenvalue weighted by Gasteiger charge is 2.57. The van der Waals surface area contributed by atoms with Gasteiger partial charge in [-0.3, -0.25) is 18.9 Å². The summed E-state index contributed by atoms with van der Waals surface area (Å²) in [6, 6.07) is 5.72. The SMILES string of the molecule is CCN(NS(C)(=O)=O)c1nc(N)nc2c1ncn2[C@@H]1OC(OP(=O)(NC(C)(C)C(=O)OC)Oc2ccc(Cl)cc2)C(O)[C@@]1(C)O. The number of anilines is 2. The van der Waals surface area contributed by atoms with Crippen LogP contribution in [0.3, 0.4) is 0 Å². The molecule has 21 heteroatoms. The number of aliphatic hydroxyl groups is 2. The molecule has 0 radical (unpaired) electrons. The Bertz CT molecular complexity index is 1720. The number of imidazole rings is 1. The van der Waals surface area contributed by atoms with Gasteiger partial charge in [-0.05, 0) is 52.0 Å². The normalized spacial score (nSPS) is 23.5. The van der Waals surface area contributed by atoms with Gasteiger partial charge in [0, 0.05) is 11.6 Å². The van der Waals surface area contributed by atoms with E-state index in [2.05, 4.69) is 24.9 Å². The second-order valence-corrected chi connectivity index (χ2v) is 14.5. The van der Waals surface area contributed by atoms with Crippen LogP contribution in [0.5, 0.6) is 5.75 Å². The molecule has 6 N–H and O–H groups in total. The number of esters is 1. The van der Waals surface area contributed by atoms with Crippen LogP contribution < -0.4 is 25.2 Å². The molecule has 0 amide bonds. The van der Waals surface area contributed by atoms with Crippen molar-refractivity contribution in [3.05, 3.63) is 35.6 Å². The number of hydrazine groups is 1. The minimum absolute atomic E-state index is 0.00470. The zero-order valence-corrected chi connectivity index (χ0v) is 27.5. The number of sulfonamides is 1. The molecular weight excluding hydrogens is 659 g/mol. The number of carbonyl (C=O) groups is 1. The Hall–Kier alpha value is -3.13. The van der Waals surface area contributed by atoms with Gasteiger partial charge in [0.2, 0.25) is 22.3 Å². The van der Waals surface area contributed by atoms with Crippen LogP contribution in [0.1, 0.15) is 33.9 Å². The molecule has 0 bridgehead atoms. The zero-order chi connectivity index (χ0) is 33.5. The Labute approximate surface area is 263 Å². The van der Waals surface area contributed by atoms with Crippen molar-refractivity contribution in [1.29, 1.82) is 0 Å². The van der Waals surface area contributed by atoms with E-state index >= 15 is 0 Å². The molecule has 1 aliphatic heterocycles. The molecule has 248 valence electrons. The zero-order valence-electron chi connectivity index (χ0n) is 25.0. The maximum absolute atomic E-state index is 14.1. The Balaban J connectivity index is 1.72. The fourth-order valence-electron chi connectivity index (χ4n) is 4.41. The summed E-state index contributed by atoms with van der Waals surface area (Å²) in [4.78, 5) is 27.3. The van der Waals surface area contributed by atoms with Crippen LogP contribution >= 0.6 is 19.3 Å². The number of halogens is 1. The largest absolute Gasteiger partial charge is 0.468 e. The molecule has 1 saturated heterocycles. The molecule has 1 aromatic carbocycles. The Morgan fingerprint density at radius 1 is 1.31 bits per heavy atom. The molecule has 4 rings (SSSR count). The van der Waals surface area contributed by atoms with E-state index in [1.54, 1.807) is 6.92 Å². The summed E-state index contributed by atoms with van der Waals surface area (Å²) in [6.07, 6.45) is -3.01. The first kappa shape index (κ1) is 34.7. The molecule has 0 spiro atoms. The van der Waals surface area contributed by atoms with Crippen LogP contribution in [-0.2, 0) is 33.4 Å². The molecule has 1 aliphatic rings. The van der Waals surface area contributed by atoms with Crippen LogP contribution in [0.25, 0.3) is 11.2 Å². The number of fused-ring (bicyclic) bond motifs is 1. The number of nitrogens with two attached hydrogens (primary N) is 1. The number of methoxy groups -OCH3 is 1. The lowest BCUT2D eigenvalue weighted by Crippen LogP contribution is -2.48. The van der Waals surface area contributed by atoms with Gasteiger partial charge in [0.1, 0.15) is 23.0 Å². The minimum Gasteiger partial charge on any atom is -0.468 e. The van der Waals surface area contributed by atoms with Gasteiger partial charge in [-0.25, -0.2) is 18.0 Å². The number of hydrogen-bond donors (Lipinski definition) is 5. The number of carbonyl (C=O) groups excluding carboxylic acids is 1. The van der Waals surface area contributed by atoms with Gasteiger partial charge in [-0.15, -0.1) is 4.83 Å². The highest BCUT2D eigenvalue weighted by atomic mass is 35.5. The van der Waals surface area contributed by atoms with Gasteiger partial charge >= 0.3 is 13.7 Å². The number of benzene rings is 1. The number of aromatic nitrogens is 4. The van der Waals surface area contributed by atoms with Crippen molar-refractivity contribution in [3.8, 4) is 5.75 Å². The Kier molecular flexibility index (Phi) is 9.71. The number of hydrogen-bond acceptors (Lipinski definition) is 15. The average molecular weight is 693 g/mol. The van der Waals surface area contributed by atoms with E-state index in [0.717, 1.165) is 13.4 Å². The lowest BCUT2D eigenvalue weighted by molar-refractivity contribution is -0.147. The molecule has 1 fully saturated rings. The predicted molar refractivity (Wildman–Crippen MR) is 161 cm³/mol. The Morgan fingerprint density at radius 2 is 1.96 bits per heavy atom. The van der Waals surface area contributed by atoms with Crippen LogP contribution in [0.4, 0.5) is 11.8 Å². The first-order chi connectivity index (χ1) is 20.8. The lowest BCUT2D eigenvalue weighted by Gasteiger charge is -2.30. The van der Waals surface area contributed by atoms with Crippen molar-refractivity contribution in [2.75, 3.05) is 30.7 Å². The van der Waals surface area contributed by atoms with Gasteiger partial charge < -0.3 is 29.9 Å². The standard InChI is InChI=1S/C24H34ClN8O10PS/c1-7-33(31-45(6,38)39)18-15-17(28-22(26)29-18)32(12-27-15)20-24(4,36)16(34)19(41-20)43-44(37,30-23(2,3)21(35)40-5)42-14-10-8-13(25)9-11-14/h8-12,16,19-20,31,34,36H,7H2,1-6H3,(H,30,37)(H2,26,28,29)/t16?,19?,20-,24-,44?/m1/s1. The molecule has 3 aromatic rings. The van der Waals surface area contributed by atoms with E-state index < -0.39 is 53.5 Å². The summed E-state index contributed by atoms with van der Waals surface area (Å²) in [5.41, 5.74) is 2.23. The number of nitrogens with zero attached hydrogens (tertiary/aromatic N) is 5. The topological polar surface area (TPSA) is 243 Å². The summed E-state index contributed by atoms with van der Waals surface area (Å²) in [5, 5.41) is 26.6. The number of nitrogens with one attached hydrogen (secondary N) is 2. The summed E-state index contributed by atoms with van der Waals surface area (Å²) in [7, 11) is -7.21. The van der Waals surface area contributed by atoms with Crippen LogP contribution in [0, 0.1) is 0 Å². The smallest absolute Gasteiger partial charge is 0.462 e. The molecule has 5 atom stereocenters. The van der Waals surface area contributed by atoms with Crippen LogP contribution in [-0.4, -0.2) is 87.6 Å². The van der Waals surface area contributed by atoms with Crippen molar-refractivity contribution in [1.82, 2.24) is 29.4 Å². The molecule has 45 heavy (non-hydrogen) atoms. The predicted octanol–water partition coefficient (Wildman–Crippen LogP) is 1.06. The fourth-order valence-corrected chi connectivity index (χ4v) is 6.91. The van der Waals surface area contributed by atoms with Crippen molar-refractivity contribution >= 4 is 58.3 Å². The van der Waals surface area contributed by atoms with E-state index in [1.165, 1.54) is 60.9 Å². The number of rotatable bonds is 12. The number of nitrogen functional groups attached to an aromatic ring is 1. The van der Waals surface area contributed by atoms with Gasteiger partial charge in [0.05, 0.1) is 19.7 Å². The third kappa shape index (κ3) is 7.48. The van der Waals surface area contributed by atoms with Crippen molar-refractivity contribution in [3.63, 3.8) is 0 Å². The highest BCUT2D eigenvalue weighted by Crippen LogP contribution is 2.52. The van der Waals surface area contributed by atoms with E-state index in [1.807, 2.05) is 0 Å². The second kappa shape index (κ2) is 12.6. The van der Waals surface area contributed by atoms with Crippen molar-refractivity contribution in [2.24, 2.45) is 0 Å². The second-order valence-electron chi connectivity index (χ2n) is 10.7. The molecule has 0 aliphatic carbocycles. The molecule has 0 saturated carbocycles. The van der Waals surface area contributed by atoms with Crippen LogP contribution in [0.15, 0.2) is 30.6 Å². The average Bonchev–Trinajstić information content (AvgIpc) is 3.44. The third-order valence-corrected chi connectivity index (χ3v) is 9.11. The van der Waals surface area contributed by atoms with Gasteiger partial charge in [0.15, 0.2) is 23.2 Å². The van der Waals surface area contributed by atoms with E-state index in [-0.39, 0.29) is 35.2 Å². The summed E-state index contributed by atoms with van der Waals surface area (Å²) in [5.74, 6) is -1.05. The van der Waals surface area contributed by atoms with Crippen molar-refractivity contribution in [2.45, 2.75) is 57.5 Å². The van der Waals surface area contributed by atoms with E-state index in [0.29, 0.717) is 5.02 Å². The molecular formula is C24H34ClN8O10PS. The first-order valence-electron chi connectivity index (χ1n) is 13.2. The minimum atomic E-state index is -4.62. The van der Waals surface area contributed by atoms with E-state index in [9.17, 15) is 28.0 Å². The summed E-state index contributed by atoms with van der Waals surface area (Å²) < 4.78 is 61.2. The van der Waals surface area contributed by atoms with Gasteiger partial charge in [-0.1, -0.05) is 11.6 Å². The first-order valence-corrected chi connectivity index (χ1v) is 17.0. The third-order valence-electron chi connectivity index (χ3n) is 6.53. The van der Waals surface area contributed by atoms with Gasteiger partial charge in [0.25, 0.3) is 0 Å². The number of ether oxygens (including phenoxy) is 2. The Morgan fingerprint density at radius 3 is 2.53 bits per heavy atom. The fraction of sp³-hybridized carbons (Fsp3) is 0.500. The number of aliphatic hydroxyl groups excluding tert-OH is 1.